The Bertz CT molecular complexity index is 521. The highest BCUT2D eigenvalue weighted by Crippen LogP contribution is 2.31. The van der Waals surface area contributed by atoms with Gasteiger partial charge in [0, 0.05) is 5.38 Å². The standard InChI is InChI=1S/C13H21N3O3S/c1-7(14)10-15-8(6-20-10)9(17)16-13(4,5)12(2,3)11(18)19/h6-7H,14H2,1-5H3,(H,16,17)(H,18,19). The molecule has 0 aliphatic carbocycles. The number of aromatic nitrogens is 1. The SMILES string of the molecule is CC(N)c1nc(C(=O)NC(C)(C)C(C)(C)C(=O)O)cs1. The molecule has 7 heteroatoms. The Morgan fingerprint density at radius 3 is 2.35 bits per heavy atom. The summed E-state index contributed by atoms with van der Waals surface area (Å²) in [4.78, 5) is 27.6. The molecular weight excluding hydrogens is 278 g/mol. The van der Waals surface area contributed by atoms with Crippen LogP contribution in [-0.4, -0.2) is 27.5 Å². The fourth-order valence-electron chi connectivity index (χ4n) is 1.37. The Kier molecular flexibility index (Phi) is 4.55. The normalized spacial score (nSPS) is 13.9. The van der Waals surface area contributed by atoms with Crippen molar-refractivity contribution in [3.63, 3.8) is 0 Å². The van der Waals surface area contributed by atoms with Crippen LogP contribution in [-0.2, 0) is 4.79 Å². The van der Waals surface area contributed by atoms with E-state index in [1.807, 2.05) is 0 Å². The number of carboxylic acids is 1. The first-order valence-electron chi connectivity index (χ1n) is 6.26. The number of aliphatic carboxylic acids is 1. The Balaban J connectivity index is 2.91. The highest BCUT2D eigenvalue weighted by molar-refractivity contribution is 7.09. The first kappa shape index (κ1) is 16.6. The summed E-state index contributed by atoms with van der Waals surface area (Å²) >= 11 is 1.31. The third-order valence-electron chi connectivity index (χ3n) is 3.67. The van der Waals surface area contributed by atoms with Crippen LogP contribution in [0.5, 0.6) is 0 Å². The van der Waals surface area contributed by atoms with Crippen molar-refractivity contribution in [2.45, 2.75) is 46.2 Å². The van der Waals surface area contributed by atoms with Gasteiger partial charge in [-0.05, 0) is 34.6 Å². The molecule has 0 aromatic carbocycles. The first-order chi connectivity index (χ1) is 8.99. The smallest absolute Gasteiger partial charge is 0.311 e. The van der Waals surface area contributed by atoms with Crippen molar-refractivity contribution in [1.82, 2.24) is 10.3 Å². The minimum atomic E-state index is -1.11. The van der Waals surface area contributed by atoms with E-state index in [1.54, 1.807) is 40.0 Å². The number of rotatable bonds is 5. The number of thiazole rings is 1. The molecule has 1 heterocycles. The molecule has 20 heavy (non-hydrogen) atoms. The fourth-order valence-corrected chi connectivity index (χ4v) is 2.13. The van der Waals surface area contributed by atoms with Gasteiger partial charge in [-0.25, -0.2) is 4.98 Å². The van der Waals surface area contributed by atoms with E-state index in [1.165, 1.54) is 11.3 Å². The first-order valence-corrected chi connectivity index (χ1v) is 7.14. The number of nitrogens with two attached hydrogens (primary N) is 1. The highest BCUT2D eigenvalue weighted by Gasteiger charge is 2.44. The van der Waals surface area contributed by atoms with E-state index in [2.05, 4.69) is 10.3 Å². The average molecular weight is 299 g/mol. The van der Waals surface area contributed by atoms with Crippen molar-refractivity contribution in [2.75, 3.05) is 0 Å². The number of carboxylic acid groups (broad SMARTS) is 1. The van der Waals surface area contributed by atoms with Crippen LogP contribution in [0.3, 0.4) is 0 Å². The van der Waals surface area contributed by atoms with E-state index in [0.717, 1.165) is 0 Å². The molecule has 0 aliphatic heterocycles. The second-order valence-electron chi connectivity index (χ2n) is 5.87. The topological polar surface area (TPSA) is 105 Å². The molecular formula is C13H21N3O3S. The fraction of sp³-hybridized carbons (Fsp3) is 0.615. The van der Waals surface area contributed by atoms with E-state index in [9.17, 15) is 14.7 Å². The Labute approximate surface area is 122 Å². The molecule has 1 aromatic rings. The summed E-state index contributed by atoms with van der Waals surface area (Å²) in [5.74, 6) is -1.37. The third-order valence-corrected chi connectivity index (χ3v) is 4.71. The predicted octanol–water partition coefficient (Wildman–Crippen LogP) is 1.78. The molecule has 1 amide bonds. The van der Waals surface area contributed by atoms with Gasteiger partial charge < -0.3 is 16.2 Å². The van der Waals surface area contributed by atoms with Crippen LogP contribution in [0, 0.1) is 5.41 Å². The molecule has 1 rings (SSSR count). The maximum absolute atomic E-state index is 12.2. The van der Waals surface area contributed by atoms with Gasteiger partial charge in [0.15, 0.2) is 0 Å². The van der Waals surface area contributed by atoms with E-state index in [0.29, 0.717) is 5.01 Å². The molecule has 112 valence electrons. The molecule has 0 saturated heterocycles. The molecule has 0 radical (unpaired) electrons. The molecule has 0 bridgehead atoms. The van der Waals surface area contributed by atoms with Crippen molar-refractivity contribution in [1.29, 1.82) is 0 Å². The molecule has 1 aromatic heterocycles. The van der Waals surface area contributed by atoms with Crippen molar-refractivity contribution in [3.8, 4) is 0 Å². The zero-order valence-electron chi connectivity index (χ0n) is 12.4. The lowest BCUT2D eigenvalue weighted by molar-refractivity contribution is -0.150. The summed E-state index contributed by atoms with van der Waals surface area (Å²) in [7, 11) is 0. The van der Waals surface area contributed by atoms with Gasteiger partial charge in [-0.2, -0.15) is 0 Å². The van der Waals surface area contributed by atoms with Crippen LogP contribution in [0.15, 0.2) is 5.38 Å². The van der Waals surface area contributed by atoms with Gasteiger partial charge >= 0.3 is 5.97 Å². The average Bonchev–Trinajstić information content (AvgIpc) is 2.77. The molecule has 0 fully saturated rings. The quantitative estimate of drug-likeness (QED) is 0.768. The largest absolute Gasteiger partial charge is 0.481 e. The van der Waals surface area contributed by atoms with E-state index >= 15 is 0 Å². The van der Waals surface area contributed by atoms with Crippen molar-refractivity contribution < 1.29 is 14.7 Å². The lowest BCUT2D eigenvalue weighted by atomic mass is 9.74. The van der Waals surface area contributed by atoms with Crippen LogP contribution in [0.1, 0.15) is 56.2 Å². The number of hydrogen-bond donors (Lipinski definition) is 3. The number of nitrogens with one attached hydrogen (secondary N) is 1. The Hall–Kier alpha value is -1.47. The van der Waals surface area contributed by atoms with Gasteiger partial charge in [0.2, 0.25) is 0 Å². The molecule has 1 atom stereocenters. The van der Waals surface area contributed by atoms with Crippen molar-refractivity contribution in [2.24, 2.45) is 11.1 Å². The summed E-state index contributed by atoms with van der Waals surface area (Å²) in [6.45, 7) is 8.29. The second-order valence-corrected chi connectivity index (χ2v) is 6.76. The zero-order valence-corrected chi connectivity index (χ0v) is 13.2. The predicted molar refractivity (Wildman–Crippen MR) is 77.7 cm³/mol. The van der Waals surface area contributed by atoms with Crippen LogP contribution < -0.4 is 11.1 Å². The third kappa shape index (κ3) is 3.16. The van der Waals surface area contributed by atoms with E-state index in [-0.39, 0.29) is 11.7 Å². The number of nitrogens with zero attached hydrogens (tertiary/aromatic N) is 1. The molecule has 6 nitrogen and oxygen atoms in total. The number of carbonyl (C=O) groups is 2. The van der Waals surface area contributed by atoms with Crippen LogP contribution in [0.2, 0.25) is 0 Å². The van der Waals surface area contributed by atoms with E-state index in [4.69, 9.17) is 5.73 Å². The molecule has 0 aliphatic rings. The van der Waals surface area contributed by atoms with Gasteiger partial charge in [0.05, 0.1) is 17.0 Å². The summed E-state index contributed by atoms with van der Waals surface area (Å²) in [5.41, 5.74) is 3.93. The Morgan fingerprint density at radius 1 is 1.40 bits per heavy atom. The number of hydrogen-bond acceptors (Lipinski definition) is 5. The van der Waals surface area contributed by atoms with Crippen LogP contribution >= 0.6 is 11.3 Å². The van der Waals surface area contributed by atoms with Crippen molar-refractivity contribution >= 4 is 23.2 Å². The van der Waals surface area contributed by atoms with Gasteiger partial charge in [-0.15, -0.1) is 11.3 Å². The van der Waals surface area contributed by atoms with Crippen LogP contribution in [0.4, 0.5) is 0 Å². The van der Waals surface area contributed by atoms with Gasteiger partial charge in [0.1, 0.15) is 10.7 Å². The molecule has 0 saturated carbocycles. The van der Waals surface area contributed by atoms with Gasteiger partial charge in [-0.1, -0.05) is 0 Å². The monoisotopic (exact) mass is 299 g/mol. The van der Waals surface area contributed by atoms with E-state index < -0.39 is 22.8 Å². The molecule has 4 N–H and O–H groups in total. The maximum atomic E-state index is 12.2. The number of carbonyl (C=O) groups excluding carboxylic acids is 1. The summed E-state index contributed by atoms with van der Waals surface area (Å²) < 4.78 is 0. The molecule has 1 unspecified atom stereocenters. The maximum Gasteiger partial charge on any atom is 0.311 e. The summed E-state index contributed by atoms with van der Waals surface area (Å²) in [6.07, 6.45) is 0. The second kappa shape index (κ2) is 5.49. The minimum absolute atomic E-state index is 0.231. The number of amides is 1. The van der Waals surface area contributed by atoms with Gasteiger partial charge in [-0.3, -0.25) is 9.59 Å². The van der Waals surface area contributed by atoms with Crippen LogP contribution in [0.25, 0.3) is 0 Å². The lowest BCUT2D eigenvalue weighted by Gasteiger charge is -2.38. The summed E-state index contributed by atoms with van der Waals surface area (Å²) in [6, 6.07) is -0.231. The minimum Gasteiger partial charge on any atom is -0.481 e. The van der Waals surface area contributed by atoms with Gasteiger partial charge in [0.25, 0.3) is 5.91 Å². The molecule has 0 spiro atoms. The Morgan fingerprint density at radius 2 is 1.95 bits per heavy atom. The highest BCUT2D eigenvalue weighted by atomic mass is 32.1. The van der Waals surface area contributed by atoms with Crippen molar-refractivity contribution in [3.05, 3.63) is 16.1 Å². The lowest BCUT2D eigenvalue weighted by Crippen LogP contribution is -2.57. The zero-order chi connectivity index (χ0) is 15.7. The summed E-state index contributed by atoms with van der Waals surface area (Å²) in [5, 5.41) is 14.3.